The molecule has 0 aromatic heterocycles. The van der Waals surface area contributed by atoms with E-state index in [2.05, 4.69) is 27.7 Å². The first-order valence-corrected chi connectivity index (χ1v) is 16.3. The molecule has 9 nitrogen and oxygen atoms in total. The van der Waals surface area contributed by atoms with Crippen LogP contribution in [0, 0.1) is 17.8 Å². The smallest absolute Gasteiger partial charge is 0.250 e. The van der Waals surface area contributed by atoms with E-state index in [-0.39, 0.29) is 29.7 Å². The highest BCUT2D eigenvalue weighted by Gasteiger charge is 2.45. The van der Waals surface area contributed by atoms with E-state index >= 15 is 0 Å². The topological polar surface area (TPSA) is 125 Å². The van der Waals surface area contributed by atoms with Crippen LogP contribution in [0.2, 0.25) is 0 Å². The Balaban J connectivity index is 1.31. The van der Waals surface area contributed by atoms with Gasteiger partial charge in [-0.05, 0) is 54.7 Å². The van der Waals surface area contributed by atoms with Crippen molar-refractivity contribution in [1.29, 1.82) is 0 Å². The molecule has 0 radical (unpaired) electrons. The molecule has 5 atom stereocenters. The Labute approximate surface area is 260 Å². The first-order valence-electron chi connectivity index (χ1n) is 16.3. The number of nitrogens with zero attached hydrogens (tertiary/aromatic N) is 2. The lowest BCUT2D eigenvalue weighted by Crippen LogP contribution is -2.56. The van der Waals surface area contributed by atoms with Crippen molar-refractivity contribution in [3.05, 3.63) is 65.2 Å². The number of amides is 4. The highest BCUT2D eigenvalue weighted by atomic mass is 16.2. The van der Waals surface area contributed by atoms with E-state index in [9.17, 15) is 19.2 Å². The molecule has 0 aliphatic carbocycles. The van der Waals surface area contributed by atoms with Crippen molar-refractivity contribution in [3.8, 4) is 0 Å². The fourth-order valence-electron chi connectivity index (χ4n) is 7.30. The standard InChI is InChI=1S/C35H47N5O4/c1-4-9-27(32(36)41)28(18-22(2)3)33(42)38-29-15-14-24-12-8-13-25-19-30(40(31(24)25)35(29)44)34(43)37-26-16-17-39(21-26)20-23-10-6-5-7-11-23/h5-8,10-13,22,26-30H,4,9,14-21H2,1-3H3,(H2,36,41)(H,37,43)(H,38,42). The zero-order valence-electron chi connectivity index (χ0n) is 26.3. The van der Waals surface area contributed by atoms with Gasteiger partial charge in [0.2, 0.25) is 23.6 Å². The lowest BCUT2D eigenvalue weighted by Gasteiger charge is -2.30. The molecule has 4 amide bonds. The molecule has 1 saturated heterocycles. The Morgan fingerprint density at radius 1 is 0.977 bits per heavy atom. The molecular weight excluding hydrogens is 554 g/mol. The van der Waals surface area contributed by atoms with E-state index in [4.69, 9.17) is 5.73 Å². The van der Waals surface area contributed by atoms with Crippen LogP contribution < -0.4 is 21.3 Å². The summed E-state index contributed by atoms with van der Waals surface area (Å²) in [6.45, 7) is 8.48. The number of carbonyl (C=O) groups excluding carboxylic acids is 4. The third-order valence-electron chi connectivity index (χ3n) is 9.41. The Bertz CT molecular complexity index is 1360. The van der Waals surface area contributed by atoms with Gasteiger partial charge in [-0.2, -0.15) is 0 Å². The molecule has 3 aliphatic rings. The summed E-state index contributed by atoms with van der Waals surface area (Å²) in [4.78, 5) is 58.2. The van der Waals surface area contributed by atoms with Crippen molar-refractivity contribution in [3.63, 3.8) is 0 Å². The van der Waals surface area contributed by atoms with Crippen molar-refractivity contribution >= 4 is 29.3 Å². The maximum absolute atomic E-state index is 14.2. The van der Waals surface area contributed by atoms with Crippen LogP contribution in [-0.4, -0.2) is 59.7 Å². The average molecular weight is 602 g/mol. The van der Waals surface area contributed by atoms with Gasteiger partial charge in [-0.1, -0.05) is 75.7 Å². The molecule has 5 rings (SSSR count). The number of carbonyl (C=O) groups is 4. The van der Waals surface area contributed by atoms with Crippen molar-refractivity contribution in [2.75, 3.05) is 18.0 Å². The van der Waals surface area contributed by atoms with Crippen LogP contribution in [0.25, 0.3) is 0 Å². The van der Waals surface area contributed by atoms with Gasteiger partial charge in [0.15, 0.2) is 0 Å². The second kappa shape index (κ2) is 13.9. The zero-order valence-corrected chi connectivity index (χ0v) is 26.3. The summed E-state index contributed by atoms with van der Waals surface area (Å²) in [5.74, 6) is -2.26. The largest absolute Gasteiger partial charge is 0.369 e. The van der Waals surface area contributed by atoms with Crippen LogP contribution in [0.4, 0.5) is 5.69 Å². The van der Waals surface area contributed by atoms with Gasteiger partial charge in [0, 0.05) is 43.9 Å². The Morgan fingerprint density at radius 3 is 2.43 bits per heavy atom. The molecule has 3 heterocycles. The van der Waals surface area contributed by atoms with Gasteiger partial charge in [-0.15, -0.1) is 0 Å². The quantitative estimate of drug-likeness (QED) is 0.344. The summed E-state index contributed by atoms with van der Waals surface area (Å²) >= 11 is 0. The van der Waals surface area contributed by atoms with Crippen molar-refractivity contribution in [1.82, 2.24) is 15.5 Å². The second-order valence-corrected chi connectivity index (χ2v) is 13.2. The highest BCUT2D eigenvalue weighted by Crippen LogP contribution is 2.39. The summed E-state index contributed by atoms with van der Waals surface area (Å²) < 4.78 is 0. The lowest BCUT2D eigenvalue weighted by atomic mass is 9.81. The molecule has 9 heteroatoms. The number of hydrogen-bond acceptors (Lipinski definition) is 5. The van der Waals surface area contributed by atoms with Crippen LogP contribution in [0.3, 0.4) is 0 Å². The molecule has 44 heavy (non-hydrogen) atoms. The minimum Gasteiger partial charge on any atom is -0.369 e. The maximum atomic E-state index is 14.2. The molecule has 0 bridgehead atoms. The van der Waals surface area contributed by atoms with Crippen LogP contribution in [-0.2, 0) is 38.6 Å². The molecule has 2 aromatic carbocycles. The van der Waals surface area contributed by atoms with E-state index in [1.807, 2.05) is 57.2 Å². The number of rotatable bonds is 12. The van der Waals surface area contributed by atoms with Crippen LogP contribution in [0.1, 0.15) is 69.6 Å². The van der Waals surface area contributed by atoms with Gasteiger partial charge in [-0.25, -0.2) is 0 Å². The minimum absolute atomic E-state index is 0.00747. The first kappa shape index (κ1) is 31.7. The van der Waals surface area contributed by atoms with Crippen LogP contribution in [0.5, 0.6) is 0 Å². The fourth-order valence-corrected chi connectivity index (χ4v) is 7.30. The fraction of sp³-hybridized carbons (Fsp3) is 0.543. The predicted molar refractivity (Wildman–Crippen MR) is 170 cm³/mol. The third-order valence-corrected chi connectivity index (χ3v) is 9.41. The Kier molecular flexibility index (Phi) is 10.0. The number of nitrogens with one attached hydrogen (secondary N) is 2. The summed E-state index contributed by atoms with van der Waals surface area (Å²) in [6.07, 6.45) is 4.07. The summed E-state index contributed by atoms with van der Waals surface area (Å²) in [5, 5.41) is 6.26. The number of benzene rings is 2. The second-order valence-electron chi connectivity index (χ2n) is 13.2. The molecule has 4 N–H and O–H groups in total. The molecule has 5 unspecified atom stereocenters. The van der Waals surface area contributed by atoms with Gasteiger partial charge in [0.25, 0.3) is 0 Å². The van der Waals surface area contributed by atoms with Crippen molar-refractivity contribution in [2.24, 2.45) is 23.5 Å². The molecule has 236 valence electrons. The Morgan fingerprint density at radius 2 is 1.73 bits per heavy atom. The van der Waals surface area contributed by atoms with E-state index in [1.54, 1.807) is 4.90 Å². The van der Waals surface area contributed by atoms with Gasteiger partial charge in [0.05, 0.1) is 5.69 Å². The average Bonchev–Trinajstić information content (AvgIpc) is 3.57. The molecule has 1 fully saturated rings. The first-order chi connectivity index (χ1) is 21.2. The number of primary amides is 1. The normalized spacial score (nSPS) is 22.8. The number of hydrogen-bond donors (Lipinski definition) is 3. The monoisotopic (exact) mass is 601 g/mol. The molecule has 3 aliphatic heterocycles. The van der Waals surface area contributed by atoms with Crippen molar-refractivity contribution < 1.29 is 19.2 Å². The molecule has 0 saturated carbocycles. The number of aryl methyl sites for hydroxylation is 1. The third kappa shape index (κ3) is 6.98. The zero-order chi connectivity index (χ0) is 31.4. The SMILES string of the molecule is CCCC(C(N)=O)C(CC(C)C)C(=O)NC1CCc2cccc3c2N(C1=O)C(C(=O)NC1CCN(Cc2ccccc2)C1)C3. The van der Waals surface area contributed by atoms with E-state index in [0.717, 1.165) is 49.3 Å². The molecule has 2 aromatic rings. The maximum Gasteiger partial charge on any atom is 0.250 e. The number of para-hydroxylation sites is 1. The predicted octanol–water partition coefficient (Wildman–Crippen LogP) is 3.33. The number of likely N-dealkylation sites (tertiary alicyclic amines) is 1. The highest BCUT2D eigenvalue weighted by molar-refractivity contribution is 6.08. The summed E-state index contributed by atoms with van der Waals surface area (Å²) in [6, 6.07) is 14.8. The minimum atomic E-state index is -0.797. The van der Waals surface area contributed by atoms with Crippen LogP contribution >= 0.6 is 0 Å². The van der Waals surface area contributed by atoms with E-state index < -0.39 is 29.8 Å². The van der Waals surface area contributed by atoms with Gasteiger partial charge in [0.1, 0.15) is 12.1 Å². The number of anilines is 1. The van der Waals surface area contributed by atoms with Gasteiger partial charge in [-0.3, -0.25) is 29.0 Å². The van der Waals surface area contributed by atoms with Crippen molar-refractivity contribution in [2.45, 2.75) is 90.4 Å². The van der Waals surface area contributed by atoms with E-state index in [1.165, 1.54) is 5.56 Å². The molecular formula is C35H47N5O4. The van der Waals surface area contributed by atoms with E-state index in [0.29, 0.717) is 32.1 Å². The lowest BCUT2D eigenvalue weighted by molar-refractivity contribution is -0.136. The van der Waals surface area contributed by atoms with Crippen LogP contribution in [0.15, 0.2) is 48.5 Å². The summed E-state index contributed by atoms with van der Waals surface area (Å²) in [5.41, 5.74) is 9.80. The summed E-state index contributed by atoms with van der Waals surface area (Å²) in [7, 11) is 0. The van der Waals surface area contributed by atoms with Gasteiger partial charge < -0.3 is 16.4 Å². The molecule has 0 spiro atoms. The van der Waals surface area contributed by atoms with Gasteiger partial charge >= 0.3 is 0 Å². The Hall–Kier alpha value is -3.72. The number of nitrogens with two attached hydrogens (primary N) is 1.